The molecule has 2 rings (SSSR count). The molecule has 5 nitrogen and oxygen atoms in total. The number of ketones is 1. The fourth-order valence-corrected chi connectivity index (χ4v) is 3.68. The van der Waals surface area contributed by atoms with Gasteiger partial charge in [0.15, 0.2) is 5.78 Å². The molecule has 5 heteroatoms. The minimum Gasteiger partial charge on any atom is -0.511 e. The number of Topliss-reactive ketones (excluding diaryl/α,β-unsaturated/α-hetero) is 1. The van der Waals surface area contributed by atoms with Crippen molar-refractivity contribution in [2.75, 3.05) is 13.7 Å². The highest BCUT2D eigenvalue weighted by Gasteiger charge is 2.35. The highest BCUT2D eigenvalue weighted by molar-refractivity contribution is 6.19. The van der Waals surface area contributed by atoms with Crippen LogP contribution in [-0.2, 0) is 19.1 Å². The standard InChI is InChI=1S/C19H30O5/c1-23-11-7-3-2-4-10-15-13-17(21)18(19(22)24-15)16(20)12-14-8-5-6-9-14/h14-15,20H,2-13H2,1H3/b18-16-. The van der Waals surface area contributed by atoms with E-state index in [0.29, 0.717) is 18.8 Å². The SMILES string of the molecule is COCCCCCCC1CC(=O)/C(=C(/O)CC2CCCC2)C(=O)O1. The van der Waals surface area contributed by atoms with Crippen molar-refractivity contribution in [1.82, 2.24) is 0 Å². The number of allylic oxidation sites excluding steroid dienone is 1. The Labute approximate surface area is 144 Å². The van der Waals surface area contributed by atoms with Gasteiger partial charge < -0.3 is 14.6 Å². The number of hydrogen-bond acceptors (Lipinski definition) is 5. The number of carbonyl (C=O) groups excluding carboxylic acids is 2. The van der Waals surface area contributed by atoms with E-state index in [1.807, 2.05) is 0 Å². The number of carbonyl (C=O) groups is 2. The molecule has 24 heavy (non-hydrogen) atoms. The molecule has 0 radical (unpaired) electrons. The van der Waals surface area contributed by atoms with E-state index in [0.717, 1.165) is 58.0 Å². The van der Waals surface area contributed by atoms with Crippen LogP contribution in [0.1, 0.15) is 70.6 Å². The summed E-state index contributed by atoms with van der Waals surface area (Å²) in [7, 11) is 1.69. The summed E-state index contributed by atoms with van der Waals surface area (Å²) < 4.78 is 10.4. The molecule has 0 bridgehead atoms. The lowest BCUT2D eigenvalue weighted by Gasteiger charge is -2.24. The number of ether oxygens (including phenoxy) is 2. The molecular weight excluding hydrogens is 308 g/mol. The maximum Gasteiger partial charge on any atom is 0.345 e. The van der Waals surface area contributed by atoms with Crippen LogP contribution in [0.15, 0.2) is 11.3 Å². The molecule has 1 saturated heterocycles. The molecule has 0 aromatic heterocycles. The average Bonchev–Trinajstić information content (AvgIpc) is 3.03. The van der Waals surface area contributed by atoms with Crippen LogP contribution in [0.2, 0.25) is 0 Å². The van der Waals surface area contributed by atoms with Gasteiger partial charge in [0.25, 0.3) is 0 Å². The summed E-state index contributed by atoms with van der Waals surface area (Å²) in [6, 6.07) is 0. The predicted octanol–water partition coefficient (Wildman–Crippen LogP) is 3.86. The van der Waals surface area contributed by atoms with Gasteiger partial charge in [-0.15, -0.1) is 0 Å². The van der Waals surface area contributed by atoms with Crippen LogP contribution >= 0.6 is 0 Å². The molecule has 1 unspecified atom stereocenters. The number of aliphatic hydroxyl groups excluding tert-OH is 1. The van der Waals surface area contributed by atoms with Crippen LogP contribution in [0.25, 0.3) is 0 Å². The third kappa shape index (κ3) is 5.62. The number of esters is 1. The van der Waals surface area contributed by atoms with E-state index in [4.69, 9.17) is 9.47 Å². The predicted molar refractivity (Wildman–Crippen MR) is 90.7 cm³/mol. The normalized spacial score (nSPS) is 24.3. The third-order valence-corrected chi connectivity index (χ3v) is 5.04. The Bertz CT molecular complexity index is 442. The number of hydrogen-bond donors (Lipinski definition) is 1. The first-order valence-corrected chi connectivity index (χ1v) is 9.27. The Hall–Kier alpha value is -1.36. The Morgan fingerprint density at radius 2 is 1.88 bits per heavy atom. The van der Waals surface area contributed by atoms with Crippen molar-refractivity contribution in [2.24, 2.45) is 5.92 Å². The first kappa shape index (κ1) is 19.0. The zero-order valence-corrected chi connectivity index (χ0v) is 14.7. The molecule has 1 saturated carbocycles. The summed E-state index contributed by atoms with van der Waals surface area (Å²) in [6.45, 7) is 0.769. The van der Waals surface area contributed by atoms with Crippen molar-refractivity contribution in [3.05, 3.63) is 11.3 Å². The van der Waals surface area contributed by atoms with Gasteiger partial charge in [-0.05, 0) is 25.2 Å². The second-order valence-corrected chi connectivity index (χ2v) is 7.03. The van der Waals surface area contributed by atoms with Crippen LogP contribution in [0.4, 0.5) is 0 Å². The van der Waals surface area contributed by atoms with Crippen LogP contribution in [0, 0.1) is 5.92 Å². The smallest absolute Gasteiger partial charge is 0.345 e. The fraction of sp³-hybridized carbons (Fsp3) is 0.789. The molecular formula is C19H30O5. The minimum atomic E-state index is -0.633. The van der Waals surface area contributed by atoms with Crippen LogP contribution in [0.5, 0.6) is 0 Å². The minimum absolute atomic E-state index is 0.0603. The summed E-state index contributed by atoms with van der Waals surface area (Å²) >= 11 is 0. The van der Waals surface area contributed by atoms with Crippen molar-refractivity contribution < 1.29 is 24.2 Å². The fourth-order valence-electron chi connectivity index (χ4n) is 3.68. The Morgan fingerprint density at radius 3 is 2.54 bits per heavy atom. The topological polar surface area (TPSA) is 72.8 Å². The highest BCUT2D eigenvalue weighted by Crippen LogP contribution is 2.32. The van der Waals surface area contributed by atoms with Gasteiger partial charge in [-0.25, -0.2) is 4.79 Å². The molecule has 0 aromatic rings. The van der Waals surface area contributed by atoms with Gasteiger partial charge in [0.2, 0.25) is 0 Å². The lowest BCUT2D eigenvalue weighted by molar-refractivity contribution is -0.151. The Kier molecular flexibility index (Phi) is 7.76. The largest absolute Gasteiger partial charge is 0.511 e. The second kappa shape index (κ2) is 9.82. The summed E-state index contributed by atoms with van der Waals surface area (Å²) in [5.41, 5.74) is -0.0988. The van der Waals surface area contributed by atoms with Crippen molar-refractivity contribution in [1.29, 1.82) is 0 Å². The summed E-state index contributed by atoms with van der Waals surface area (Å²) in [6.07, 6.45) is 9.54. The highest BCUT2D eigenvalue weighted by atomic mass is 16.5. The molecule has 1 aliphatic heterocycles. The van der Waals surface area contributed by atoms with E-state index in [1.165, 1.54) is 0 Å². The Morgan fingerprint density at radius 1 is 1.17 bits per heavy atom. The van der Waals surface area contributed by atoms with Crippen LogP contribution in [-0.4, -0.2) is 36.7 Å². The molecule has 1 heterocycles. The van der Waals surface area contributed by atoms with E-state index in [1.54, 1.807) is 7.11 Å². The summed E-state index contributed by atoms with van der Waals surface area (Å²) in [5.74, 6) is -0.560. The van der Waals surface area contributed by atoms with E-state index in [9.17, 15) is 14.7 Å². The van der Waals surface area contributed by atoms with Crippen molar-refractivity contribution in [2.45, 2.75) is 76.7 Å². The zero-order valence-electron chi connectivity index (χ0n) is 14.7. The molecule has 1 aliphatic carbocycles. The van der Waals surface area contributed by atoms with Gasteiger partial charge in [-0.3, -0.25) is 4.79 Å². The quantitative estimate of drug-likeness (QED) is 0.227. The lowest BCUT2D eigenvalue weighted by atomic mass is 9.94. The van der Waals surface area contributed by atoms with E-state index in [2.05, 4.69) is 0 Å². The van der Waals surface area contributed by atoms with Gasteiger partial charge in [-0.1, -0.05) is 38.5 Å². The van der Waals surface area contributed by atoms with Crippen LogP contribution < -0.4 is 0 Å². The maximum atomic E-state index is 12.3. The van der Waals surface area contributed by atoms with Gasteiger partial charge >= 0.3 is 5.97 Å². The lowest BCUT2D eigenvalue weighted by Crippen LogP contribution is -2.33. The molecule has 0 aromatic carbocycles. The molecule has 2 aliphatic rings. The molecule has 2 fully saturated rings. The third-order valence-electron chi connectivity index (χ3n) is 5.04. The van der Waals surface area contributed by atoms with Gasteiger partial charge in [-0.2, -0.15) is 0 Å². The number of aliphatic hydroxyl groups is 1. The zero-order chi connectivity index (χ0) is 17.4. The van der Waals surface area contributed by atoms with E-state index < -0.39 is 5.97 Å². The van der Waals surface area contributed by atoms with Crippen LogP contribution in [0.3, 0.4) is 0 Å². The molecule has 136 valence electrons. The molecule has 0 spiro atoms. The van der Waals surface area contributed by atoms with Crippen molar-refractivity contribution in [3.8, 4) is 0 Å². The Balaban J connectivity index is 1.78. The molecule has 1 atom stereocenters. The monoisotopic (exact) mass is 338 g/mol. The van der Waals surface area contributed by atoms with E-state index in [-0.39, 0.29) is 29.6 Å². The van der Waals surface area contributed by atoms with Gasteiger partial charge in [0, 0.05) is 26.6 Å². The van der Waals surface area contributed by atoms with Gasteiger partial charge in [0.05, 0.1) is 0 Å². The van der Waals surface area contributed by atoms with Crippen molar-refractivity contribution in [3.63, 3.8) is 0 Å². The van der Waals surface area contributed by atoms with Crippen molar-refractivity contribution >= 4 is 11.8 Å². The summed E-state index contributed by atoms with van der Waals surface area (Å²) in [5, 5.41) is 10.2. The van der Waals surface area contributed by atoms with Gasteiger partial charge in [0.1, 0.15) is 17.4 Å². The number of rotatable bonds is 9. The van der Waals surface area contributed by atoms with E-state index >= 15 is 0 Å². The average molecular weight is 338 g/mol. The second-order valence-electron chi connectivity index (χ2n) is 7.03. The first-order chi connectivity index (χ1) is 11.6. The maximum absolute atomic E-state index is 12.3. The number of unbranched alkanes of at least 4 members (excludes halogenated alkanes) is 3. The number of methoxy groups -OCH3 is 1. The molecule has 0 amide bonds. The molecule has 1 N–H and O–H groups in total. The summed E-state index contributed by atoms with van der Waals surface area (Å²) in [4.78, 5) is 24.4. The number of cyclic esters (lactones) is 1. The first-order valence-electron chi connectivity index (χ1n) is 9.27.